The highest BCUT2D eigenvalue weighted by Crippen LogP contribution is 2.19. The van der Waals surface area contributed by atoms with E-state index in [1.807, 2.05) is 29.7 Å². The molecule has 1 amide bonds. The molecule has 0 atom stereocenters. The zero-order chi connectivity index (χ0) is 21.6. The third-order valence-corrected chi connectivity index (χ3v) is 5.10. The summed E-state index contributed by atoms with van der Waals surface area (Å²) < 4.78 is 20.2. The summed E-state index contributed by atoms with van der Waals surface area (Å²) in [6.07, 6.45) is 6.81. The van der Waals surface area contributed by atoms with Gasteiger partial charge < -0.3 is 9.30 Å². The monoisotopic (exact) mass is 435 g/mol. The van der Waals surface area contributed by atoms with E-state index in [4.69, 9.17) is 4.74 Å². The zero-order valence-electron chi connectivity index (χ0n) is 16.5. The zero-order valence-corrected chi connectivity index (χ0v) is 17.3. The van der Waals surface area contributed by atoms with Crippen LogP contribution in [0.1, 0.15) is 27.4 Å². The molecule has 0 aromatic carbocycles. The van der Waals surface area contributed by atoms with Crippen molar-refractivity contribution in [2.75, 3.05) is 12.4 Å². The van der Waals surface area contributed by atoms with Gasteiger partial charge in [-0.3, -0.25) is 10.1 Å². The van der Waals surface area contributed by atoms with Crippen molar-refractivity contribution in [3.63, 3.8) is 0 Å². The molecule has 0 fully saturated rings. The summed E-state index contributed by atoms with van der Waals surface area (Å²) in [5.74, 6) is -0.312. The van der Waals surface area contributed by atoms with Crippen LogP contribution in [0.5, 0.6) is 5.88 Å². The molecule has 0 bridgehead atoms. The molecule has 1 N–H and O–H groups in total. The van der Waals surface area contributed by atoms with E-state index in [9.17, 15) is 9.18 Å². The van der Waals surface area contributed by atoms with Crippen molar-refractivity contribution in [3.05, 3.63) is 88.8 Å². The summed E-state index contributed by atoms with van der Waals surface area (Å²) in [5.41, 5.74) is 2.60. The first-order valence-corrected chi connectivity index (χ1v) is 10.2. The molecule has 0 saturated heterocycles. The normalized spacial score (nSPS) is 11.0. The second kappa shape index (κ2) is 9.31. The van der Waals surface area contributed by atoms with Gasteiger partial charge in [0.25, 0.3) is 5.91 Å². The molecule has 4 rings (SSSR count). The Bertz CT molecular complexity index is 1230. The molecule has 4 aromatic heterocycles. The molecule has 156 valence electrons. The smallest absolute Gasteiger partial charge is 0.274 e. The molecule has 9 heteroatoms. The van der Waals surface area contributed by atoms with Crippen LogP contribution in [0.3, 0.4) is 0 Å². The van der Waals surface area contributed by atoms with E-state index in [-0.39, 0.29) is 5.91 Å². The molecule has 0 aliphatic rings. The third-order valence-electron chi connectivity index (χ3n) is 4.33. The van der Waals surface area contributed by atoms with Crippen LogP contribution in [0, 0.1) is 5.95 Å². The molecule has 0 radical (unpaired) electrons. The predicted molar refractivity (Wildman–Crippen MR) is 118 cm³/mol. The van der Waals surface area contributed by atoms with E-state index in [1.54, 1.807) is 42.1 Å². The third kappa shape index (κ3) is 5.20. The van der Waals surface area contributed by atoms with Gasteiger partial charge in [0.2, 0.25) is 11.8 Å². The van der Waals surface area contributed by atoms with Gasteiger partial charge in [-0.05, 0) is 48.0 Å². The highest BCUT2D eigenvalue weighted by Gasteiger charge is 2.13. The van der Waals surface area contributed by atoms with Crippen molar-refractivity contribution in [2.24, 2.45) is 0 Å². The molecule has 4 aromatic rings. The fourth-order valence-corrected chi connectivity index (χ4v) is 3.56. The van der Waals surface area contributed by atoms with Crippen LogP contribution in [0.15, 0.2) is 60.2 Å². The van der Waals surface area contributed by atoms with Gasteiger partial charge in [-0.15, -0.1) is 11.3 Å². The lowest BCUT2D eigenvalue weighted by molar-refractivity contribution is 0.101. The fourth-order valence-electron chi connectivity index (χ4n) is 2.89. The lowest BCUT2D eigenvalue weighted by atomic mass is 10.2. The van der Waals surface area contributed by atoms with Gasteiger partial charge in [-0.25, -0.2) is 15.0 Å². The minimum absolute atomic E-state index is 0.293. The number of thiazole rings is 1. The SMILES string of the molecule is COc1cccc(/C=C/c2csc(NC(=O)c3cccn3Cc3ccnc(F)c3)n2)n1. The number of amides is 1. The largest absolute Gasteiger partial charge is 0.481 e. The van der Waals surface area contributed by atoms with Gasteiger partial charge in [-0.2, -0.15) is 4.39 Å². The molecular formula is C22H18FN5O2S. The van der Waals surface area contributed by atoms with E-state index >= 15 is 0 Å². The minimum atomic E-state index is -0.553. The van der Waals surface area contributed by atoms with Crippen LogP contribution in [0.25, 0.3) is 12.2 Å². The predicted octanol–water partition coefficient (Wildman–Crippen LogP) is 4.35. The van der Waals surface area contributed by atoms with Gasteiger partial charge in [0.05, 0.1) is 18.5 Å². The second-order valence-corrected chi connectivity index (χ2v) is 7.34. The standard InChI is InChI=1S/C22H18FN5O2S/c1-30-20-6-2-4-16(25-20)7-8-17-14-31-22(26-17)27-21(29)18-5-3-11-28(18)13-15-9-10-24-19(23)12-15/h2-12,14H,13H2,1H3,(H,26,27,29)/b8-7+. The first kappa shape index (κ1) is 20.4. The Morgan fingerprint density at radius 1 is 1.19 bits per heavy atom. The Kier molecular flexibility index (Phi) is 6.13. The Morgan fingerprint density at radius 3 is 2.90 bits per heavy atom. The molecule has 7 nitrogen and oxygen atoms in total. The number of methoxy groups -OCH3 is 1. The summed E-state index contributed by atoms with van der Waals surface area (Å²) in [4.78, 5) is 25.0. The van der Waals surface area contributed by atoms with Crippen molar-refractivity contribution in [1.29, 1.82) is 0 Å². The van der Waals surface area contributed by atoms with Gasteiger partial charge in [0, 0.05) is 30.4 Å². The summed E-state index contributed by atoms with van der Waals surface area (Å²) in [6, 6.07) is 12.0. The number of anilines is 1. The Labute approximate surface area is 181 Å². The molecule has 0 saturated carbocycles. The molecular weight excluding hydrogens is 417 g/mol. The number of carbonyl (C=O) groups is 1. The molecule has 4 heterocycles. The van der Waals surface area contributed by atoms with Crippen molar-refractivity contribution in [2.45, 2.75) is 6.54 Å². The second-order valence-electron chi connectivity index (χ2n) is 6.48. The van der Waals surface area contributed by atoms with Gasteiger partial charge >= 0.3 is 0 Å². The Hall–Kier alpha value is -3.85. The van der Waals surface area contributed by atoms with Crippen molar-refractivity contribution in [3.8, 4) is 5.88 Å². The van der Waals surface area contributed by atoms with Crippen molar-refractivity contribution in [1.82, 2.24) is 19.5 Å². The molecule has 0 unspecified atom stereocenters. The number of nitrogens with zero attached hydrogens (tertiary/aromatic N) is 4. The maximum atomic E-state index is 13.3. The number of hydrogen-bond acceptors (Lipinski definition) is 6. The van der Waals surface area contributed by atoms with Crippen molar-refractivity contribution >= 4 is 34.5 Å². The van der Waals surface area contributed by atoms with Crippen LogP contribution in [-0.4, -0.2) is 32.5 Å². The maximum Gasteiger partial charge on any atom is 0.274 e. The van der Waals surface area contributed by atoms with E-state index < -0.39 is 5.95 Å². The molecule has 31 heavy (non-hydrogen) atoms. The summed E-state index contributed by atoms with van der Waals surface area (Å²) in [6.45, 7) is 0.356. The van der Waals surface area contributed by atoms with E-state index in [0.29, 0.717) is 34.5 Å². The highest BCUT2D eigenvalue weighted by atomic mass is 32.1. The van der Waals surface area contributed by atoms with Crippen LogP contribution >= 0.6 is 11.3 Å². The average Bonchev–Trinajstić information content (AvgIpc) is 3.42. The number of pyridine rings is 2. The van der Waals surface area contributed by atoms with Gasteiger partial charge in [0.15, 0.2) is 5.13 Å². The van der Waals surface area contributed by atoms with Crippen LogP contribution in [0.2, 0.25) is 0 Å². The summed E-state index contributed by atoms with van der Waals surface area (Å²) in [7, 11) is 1.57. The molecule has 0 aliphatic carbocycles. The molecule has 0 spiro atoms. The Balaban J connectivity index is 1.43. The van der Waals surface area contributed by atoms with E-state index in [2.05, 4.69) is 20.3 Å². The number of aromatic nitrogens is 4. The lowest BCUT2D eigenvalue weighted by Crippen LogP contribution is -2.17. The lowest BCUT2D eigenvalue weighted by Gasteiger charge is -2.09. The number of ether oxygens (including phenoxy) is 1. The number of carbonyl (C=O) groups excluding carboxylic acids is 1. The van der Waals surface area contributed by atoms with Crippen LogP contribution in [0.4, 0.5) is 9.52 Å². The first-order valence-electron chi connectivity index (χ1n) is 9.32. The first-order chi connectivity index (χ1) is 15.1. The molecule has 0 aliphatic heterocycles. The number of halogens is 1. The number of rotatable bonds is 7. The van der Waals surface area contributed by atoms with E-state index in [1.165, 1.54) is 23.6 Å². The van der Waals surface area contributed by atoms with Crippen LogP contribution < -0.4 is 10.1 Å². The van der Waals surface area contributed by atoms with Crippen LogP contribution in [-0.2, 0) is 6.54 Å². The van der Waals surface area contributed by atoms with Gasteiger partial charge in [0.1, 0.15) is 5.69 Å². The highest BCUT2D eigenvalue weighted by molar-refractivity contribution is 7.14. The average molecular weight is 435 g/mol. The van der Waals surface area contributed by atoms with E-state index in [0.717, 1.165) is 5.69 Å². The quantitative estimate of drug-likeness (QED) is 0.437. The summed E-state index contributed by atoms with van der Waals surface area (Å²) in [5, 5.41) is 5.13. The number of hydrogen-bond donors (Lipinski definition) is 1. The topological polar surface area (TPSA) is 81.9 Å². The minimum Gasteiger partial charge on any atom is -0.481 e. The fraction of sp³-hybridized carbons (Fsp3) is 0.0909. The maximum absolute atomic E-state index is 13.3. The summed E-state index contributed by atoms with van der Waals surface area (Å²) >= 11 is 1.32. The van der Waals surface area contributed by atoms with Gasteiger partial charge in [-0.1, -0.05) is 6.07 Å². The number of nitrogens with one attached hydrogen (secondary N) is 1. The van der Waals surface area contributed by atoms with Crippen molar-refractivity contribution < 1.29 is 13.9 Å². The Morgan fingerprint density at radius 2 is 2.06 bits per heavy atom.